The lowest BCUT2D eigenvalue weighted by Crippen LogP contribution is -2.36. The summed E-state index contributed by atoms with van der Waals surface area (Å²) in [4.78, 5) is 16.5. The fourth-order valence-corrected chi connectivity index (χ4v) is 3.00. The Morgan fingerprint density at radius 2 is 1.89 bits per heavy atom. The molecule has 0 aliphatic rings. The molecule has 146 valence electrons. The van der Waals surface area contributed by atoms with Gasteiger partial charge in [0.15, 0.2) is 0 Å². The summed E-state index contributed by atoms with van der Waals surface area (Å²) >= 11 is 6.15. The lowest BCUT2D eigenvalue weighted by atomic mass is 10.1. The summed E-state index contributed by atoms with van der Waals surface area (Å²) in [7, 11) is 5.46. The first-order valence-electron chi connectivity index (χ1n) is 8.89. The first-order chi connectivity index (χ1) is 12.9. The number of carbonyl (C=O) groups excluding carboxylic acids is 1. The van der Waals surface area contributed by atoms with Crippen molar-refractivity contribution in [3.8, 4) is 5.75 Å². The molecule has 2 rings (SSSR count). The van der Waals surface area contributed by atoms with Gasteiger partial charge in [0.05, 0.1) is 12.1 Å². The molecule has 2 aromatic rings. The van der Waals surface area contributed by atoms with E-state index in [2.05, 4.69) is 0 Å². The summed E-state index contributed by atoms with van der Waals surface area (Å²) < 4.78 is 19.2. The molecule has 4 nitrogen and oxygen atoms in total. The van der Waals surface area contributed by atoms with Crippen LogP contribution in [0.4, 0.5) is 4.39 Å². The molecule has 0 saturated carbocycles. The number of hydrogen-bond acceptors (Lipinski definition) is 3. The molecule has 27 heavy (non-hydrogen) atoms. The fourth-order valence-electron chi connectivity index (χ4n) is 2.72. The number of aryl methyl sites for hydroxylation is 1. The summed E-state index contributed by atoms with van der Waals surface area (Å²) in [5.41, 5.74) is 1.49. The minimum Gasteiger partial charge on any atom is -0.495 e. The second-order valence-corrected chi connectivity index (χ2v) is 7.09. The molecule has 0 aliphatic carbocycles. The average molecular weight is 393 g/mol. The fraction of sp³-hybridized carbons (Fsp3) is 0.381. The first-order valence-corrected chi connectivity index (χ1v) is 9.27. The summed E-state index contributed by atoms with van der Waals surface area (Å²) in [6.45, 7) is 1.53. The van der Waals surface area contributed by atoms with Crippen LogP contribution in [0.25, 0.3) is 0 Å². The molecule has 0 N–H and O–H groups in total. The van der Waals surface area contributed by atoms with Crippen LogP contribution in [0.5, 0.6) is 5.75 Å². The number of carbonyl (C=O) groups is 1. The summed E-state index contributed by atoms with van der Waals surface area (Å²) in [5.74, 6) is 0.313. The monoisotopic (exact) mass is 392 g/mol. The van der Waals surface area contributed by atoms with Crippen molar-refractivity contribution in [1.29, 1.82) is 0 Å². The number of amides is 1. The van der Waals surface area contributed by atoms with Crippen molar-refractivity contribution in [3.05, 3.63) is 64.4 Å². The predicted octanol–water partition coefficient (Wildman–Crippen LogP) is 4.01. The third kappa shape index (κ3) is 6.52. The van der Waals surface area contributed by atoms with E-state index in [0.717, 1.165) is 5.56 Å². The SMILES string of the molecule is COc1ccc(CCC(=O)N(CCN(C)C)Cc2ccccc2F)cc1Cl. The van der Waals surface area contributed by atoms with Crippen molar-refractivity contribution < 1.29 is 13.9 Å². The molecule has 2 aromatic carbocycles. The van der Waals surface area contributed by atoms with E-state index in [-0.39, 0.29) is 18.3 Å². The highest BCUT2D eigenvalue weighted by atomic mass is 35.5. The minimum absolute atomic E-state index is 0.00737. The van der Waals surface area contributed by atoms with Crippen molar-refractivity contribution in [1.82, 2.24) is 9.80 Å². The van der Waals surface area contributed by atoms with Crippen LogP contribution in [0.2, 0.25) is 5.02 Å². The van der Waals surface area contributed by atoms with E-state index >= 15 is 0 Å². The molecule has 0 heterocycles. The van der Waals surface area contributed by atoms with E-state index in [1.807, 2.05) is 31.1 Å². The number of halogens is 2. The molecule has 0 aromatic heterocycles. The zero-order valence-corrected chi connectivity index (χ0v) is 16.8. The van der Waals surface area contributed by atoms with Gasteiger partial charge in [-0.3, -0.25) is 4.79 Å². The zero-order valence-electron chi connectivity index (χ0n) is 16.0. The van der Waals surface area contributed by atoms with E-state index in [0.29, 0.717) is 42.3 Å². The van der Waals surface area contributed by atoms with Crippen LogP contribution >= 0.6 is 11.6 Å². The largest absolute Gasteiger partial charge is 0.495 e. The van der Waals surface area contributed by atoms with E-state index in [4.69, 9.17) is 16.3 Å². The molecule has 6 heteroatoms. The maximum Gasteiger partial charge on any atom is 0.223 e. The van der Waals surface area contributed by atoms with Crippen LogP contribution in [0.1, 0.15) is 17.5 Å². The normalized spacial score (nSPS) is 10.9. The van der Waals surface area contributed by atoms with Gasteiger partial charge < -0.3 is 14.5 Å². The Balaban J connectivity index is 2.04. The lowest BCUT2D eigenvalue weighted by Gasteiger charge is -2.25. The standard InChI is InChI=1S/C21H26ClFN2O2/c1-24(2)12-13-25(15-17-6-4-5-7-19(17)23)21(26)11-9-16-8-10-20(27-3)18(22)14-16/h4-8,10,14H,9,11-13,15H2,1-3H3. The molecule has 0 fully saturated rings. The number of benzene rings is 2. The Labute approximate surface area is 165 Å². The van der Waals surface area contributed by atoms with Crippen LogP contribution in [-0.2, 0) is 17.8 Å². The van der Waals surface area contributed by atoms with Crippen LogP contribution in [0.15, 0.2) is 42.5 Å². The third-order valence-corrected chi connectivity index (χ3v) is 4.63. The Kier molecular flexibility index (Phi) is 8.07. The molecule has 0 aliphatic heterocycles. The molecule has 0 atom stereocenters. The Bertz CT molecular complexity index is 768. The van der Waals surface area contributed by atoms with Gasteiger partial charge in [0.1, 0.15) is 11.6 Å². The van der Waals surface area contributed by atoms with Crippen molar-refractivity contribution in [3.63, 3.8) is 0 Å². The van der Waals surface area contributed by atoms with Crippen LogP contribution in [-0.4, -0.2) is 50.0 Å². The van der Waals surface area contributed by atoms with Crippen molar-refractivity contribution in [2.45, 2.75) is 19.4 Å². The Morgan fingerprint density at radius 3 is 2.52 bits per heavy atom. The quantitative estimate of drug-likeness (QED) is 0.646. The number of likely N-dealkylation sites (N-methyl/N-ethyl adjacent to an activating group) is 1. The van der Waals surface area contributed by atoms with Crippen molar-refractivity contribution in [2.75, 3.05) is 34.3 Å². The highest BCUT2D eigenvalue weighted by Gasteiger charge is 2.16. The molecule has 0 saturated heterocycles. The minimum atomic E-state index is -0.290. The van der Waals surface area contributed by atoms with Crippen LogP contribution in [0.3, 0.4) is 0 Å². The maximum atomic E-state index is 14.0. The van der Waals surface area contributed by atoms with Crippen LogP contribution in [0, 0.1) is 5.82 Å². The van der Waals surface area contributed by atoms with Crippen LogP contribution < -0.4 is 4.74 Å². The van der Waals surface area contributed by atoms with Gasteiger partial charge in [0.2, 0.25) is 5.91 Å². The third-order valence-electron chi connectivity index (χ3n) is 4.33. The van der Waals surface area contributed by atoms with E-state index in [9.17, 15) is 9.18 Å². The lowest BCUT2D eigenvalue weighted by molar-refractivity contribution is -0.132. The van der Waals surface area contributed by atoms with E-state index in [1.54, 1.807) is 36.3 Å². The highest BCUT2D eigenvalue weighted by molar-refractivity contribution is 6.32. The number of ether oxygens (including phenoxy) is 1. The van der Waals surface area contributed by atoms with Gasteiger partial charge in [-0.1, -0.05) is 35.9 Å². The average Bonchev–Trinajstić information content (AvgIpc) is 2.64. The number of hydrogen-bond donors (Lipinski definition) is 0. The Morgan fingerprint density at radius 1 is 1.15 bits per heavy atom. The predicted molar refractivity (Wildman–Crippen MR) is 107 cm³/mol. The summed E-state index contributed by atoms with van der Waals surface area (Å²) in [6, 6.07) is 12.1. The summed E-state index contributed by atoms with van der Waals surface area (Å²) in [6.07, 6.45) is 0.906. The van der Waals surface area contributed by atoms with Crippen molar-refractivity contribution in [2.24, 2.45) is 0 Å². The van der Waals surface area contributed by atoms with Gasteiger partial charge in [-0.2, -0.15) is 0 Å². The molecular formula is C21H26ClFN2O2. The molecule has 0 bridgehead atoms. The van der Waals surface area contributed by atoms with Gasteiger partial charge in [0, 0.05) is 31.6 Å². The highest BCUT2D eigenvalue weighted by Crippen LogP contribution is 2.25. The van der Waals surface area contributed by atoms with Gasteiger partial charge in [0.25, 0.3) is 0 Å². The molecular weight excluding hydrogens is 367 g/mol. The Hall–Kier alpha value is -2.11. The van der Waals surface area contributed by atoms with Gasteiger partial charge in [-0.25, -0.2) is 4.39 Å². The molecule has 0 unspecified atom stereocenters. The smallest absolute Gasteiger partial charge is 0.223 e. The second-order valence-electron chi connectivity index (χ2n) is 6.68. The second kappa shape index (κ2) is 10.3. The molecule has 1 amide bonds. The molecule has 0 spiro atoms. The van der Waals surface area contributed by atoms with Crippen molar-refractivity contribution >= 4 is 17.5 Å². The van der Waals surface area contributed by atoms with Gasteiger partial charge >= 0.3 is 0 Å². The van der Waals surface area contributed by atoms with Gasteiger partial charge in [-0.05, 0) is 44.3 Å². The molecule has 0 radical (unpaired) electrons. The number of methoxy groups -OCH3 is 1. The van der Waals surface area contributed by atoms with E-state index in [1.165, 1.54) is 6.07 Å². The number of nitrogens with zero attached hydrogens (tertiary/aromatic N) is 2. The first kappa shape index (κ1) is 21.2. The van der Waals surface area contributed by atoms with E-state index < -0.39 is 0 Å². The number of rotatable bonds is 9. The van der Waals surface area contributed by atoms with Gasteiger partial charge in [-0.15, -0.1) is 0 Å². The topological polar surface area (TPSA) is 32.8 Å². The zero-order chi connectivity index (χ0) is 19.8. The summed E-state index contributed by atoms with van der Waals surface area (Å²) in [5, 5.41) is 0.526. The maximum absolute atomic E-state index is 14.0.